The highest BCUT2D eigenvalue weighted by Gasteiger charge is 2.11. The third-order valence-corrected chi connectivity index (χ3v) is 2.82. The van der Waals surface area contributed by atoms with Gasteiger partial charge in [0.05, 0.1) is 12.0 Å². The summed E-state index contributed by atoms with van der Waals surface area (Å²) in [6.07, 6.45) is 3.66. The SMILES string of the molecule is CCCCOC(=O)Cn1ccc2c(N)nc(C)nc21. The zero-order valence-corrected chi connectivity index (χ0v) is 11.2. The number of unbranched alkanes of at least 4 members (excludes halogenated alkanes) is 1. The smallest absolute Gasteiger partial charge is 0.326 e. The first kappa shape index (κ1) is 13.3. The van der Waals surface area contributed by atoms with Crippen LogP contribution in [0.2, 0.25) is 0 Å². The van der Waals surface area contributed by atoms with Crippen LogP contribution in [0, 0.1) is 6.92 Å². The Morgan fingerprint density at radius 3 is 3.00 bits per heavy atom. The molecule has 19 heavy (non-hydrogen) atoms. The summed E-state index contributed by atoms with van der Waals surface area (Å²) in [5.74, 6) is 0.755. The van der Waals surface area contributed by atoms with Gasteiger partial charge in [0.15, 0.2) is 0 Å². The Kier molecular flexibility index (Phi) is 3.99. The standard InChI is InChI=1S/C13H18N4O2/c1-3-4-7-19-11(18)8-17-6-5-10-12(14)15-9(2)16-13(10)17/h5-6H,3-4,7-8H2,1-2H3,(H2,14,15,16). The van der Waals surface area contributed by atoms with E-state index in [4.69, 9.17) is 10.5 Å². The number of aryl methyl sites for hydroxylation is 1. The van der Waals surface area contributed by atoms with E-state index in [2.05, 4.69) is 16.9 Å². The number of nitrogens with two attached hydrogens (primary N) is 1. The maximum Gasteiger partial charge on any atom is 0.326 e. The molecule has 0 unspecified atom stereocenters. The topological polar surface area (TPSA) is 83.0 Å². The molecule has 6 nitrogen and oxygen atoms in total. The molecular formula is C13H18N4O2. The van der Waals surface area contributed by atoms with Gasteiger partial charge in [-0.05, 0) is 19.4 Å². The van der Waals surface area contributed by atoms with Crippen molar-refractivity contribution >= 4 is 22.8 Å². The van der Waals surface area contributed by atoms with E-state index < -0.39 is 0 Å². The van der Waals surface area contributed by atoms with Crippen LogP contribution in [-0.4, -0.2) is 27.1 Å². The maximum absolute atomic E-state index is 11.7. The lowest BCUT2D eigenvalue weighted by molar-refractivity contribution is -0.144. The van der Waals surface area contributed by atoms with Crippen molar-refractivity contribution in [3.8, 4) is 0 Å². The maximum atomic E-state index is 11.7. The summed E-state index contributed by atoms with van der Waals surface area (Å²) in [5, 5.41) is 0.756. The third-order valence-electron chi connectivity index (χ3n) is 2.82. The molecule has 0 saturated carbocycles. The van der Waals surface area contributed by atoms with Crippen LogP contribution in [0.5, 0.6) is 0 Å². The number of aromatic nitrogens is 3. The summed E-state index contributed by atoms with van der Waals surface area (Å²) in [7, 11) is 0. The van der Waals surface area contributed by atoms with Gasteiger partial charge >= 0.3 is 5.97 Å². The number of esters is 1. The number of nitrogens with zero attached hydrogens (tertiary/aromatic N) is 3. The number of nitrogen functional groups attached to an aromatic ring is 1. The first-order valence-electron chi connectivity index (χ1n) is 6.36. The van der Waals surface area contributed by atoms with Crippen molar-refractivity contribution < 1.29 is 9.53 Å². The van der Waals surface area contributed by atoms with Crippen LogP contribution in [0.1, 0.15) is 25.6 Å². The molecule has 102 valence electrons. The van der Waals surface area contributed by atoms with Crippen LogP contribution < -0.4 is 5.73 Å². The van der Waals surface area contributed by atoms with Crippen molar-refractivity contribution in [2.45, 2.75) is 33.2 Å². The Balaban J connectivity index is 2.15. The van der Waals surface area contributed by atoms with Crippen molar-refractivity contribution in [2.75, 3.05) is 12.3 Å². The van der Waals surface area contributed by atoms with E-state index >= 15 is 0 Å². The van der Waals surface area contributed by atoms with Crippen LogP contribution in [0.15, 0.2) is 12.3 Å². The number of carbonyl (C=O) groups excluding carboxylic acids is 1. The second-order valence-electron chi connectivity index (χ2n) is 4.41. The Morgan fingerprint density at radius 1 is 1.47 bits per heavy atom. The second kappa shape index (κ2) is 5.69. The fourth-order valence-corrected chi connectivity index (χ4v) is 1.84. The largest absolute Gasteiger partial charge is 0.464 e. The Morgan fingerprint density at radius 2 is 2.26 bits per heavy atom. The van der Waals surface area contributed by atoms with E-state index in [-0.39, 0.29) is 12.5 Å². The molecule has 0 aliphatic heterocycles. The summed E-state index contributed by atoms with van der Waals surface area (Å²) in [5.41, 5.74) is 6.48. The zero-order valence-electron chi connectivity index (χ0n) is 11.2. The molecule has 0 spiro atoms. The van der Waals surface area contributed by atoms with E-state index in [1.165, 1.54) is 0 Å². The highest BCUT2D eigenvalue weighted by molar-refractivity contribution is 5.87. The quantitative estimate of drug-likeness (QED) is 0.654. The van der Waals surface area contributed by atoms with Crippen LogP contribution in [0.3, 0.4) is 0 Å². The monoisotopic (exact) mass is 262 g/mol. The Labute approximate surface area is 111 Å². The molecule has 2 aromatic heterocycles. The van der Waals surface area contributed by atoms with Gasteiger partial charge in [0.1, 0.15) is 23.8 Å². The third kappa shape index (κ3) is 3.01. The van der Waals surface area contributed by atoms with Crippen LogP contribution >= 0.6 is 0 Å². The molecule has 2 heterocycles. The van der Waals surface area contributed by atoms with Crippen molar-refractivity contribution in [2.24, 2.45) is 0 Å². The van der Waals surface area contributed by atoms with E-state index in [1.807, 2.05) is 6.07 Å². The second-order valence-corrected chi connectivity index (χ2v) is 4.41. The first-order valence-corrected chi connectivity index (χ1v) is 6.36. The molecule has 0 aliphatic carbocycles. The molecule has 0 fully saturated rings. The van der Waals surface area contributed by atoms with Crippen LogP contribution in [0.25, 0.3) is 11.0 Å². The Hall–Kier alpha value is -2.11. The summed E-state index contributed by atoms with van der Waals surface area (Å²) < 4.78 is 6.86. The molecule has 0 saturated heterocycles. The fraction of sp³-hybridized carbons (Fsp3) is 0.462. The fourth-order valence-electron chi connectivity index (χ4n) is 1.84. The molecule has 0 atom stereocenters. The average molecular weight is 262 g/mol. The molecule has 0 aliphatic rings. The highest BCUT2D eigenvalue weighted by Crippen LogP contribution is 2.18. The minimum Gasteiger partial charge on any atom is -0.464 e. The summed E-state index contributed by atoms with van der Waals surface area (Å²) >= 11 is 0. The van der Waals surface area contributed by atoms with Crippen molar-refractivity contribution in [1.82, 2.24) is 14.5 Å². The van der Waals surface area contributed by atoms with Gasteiger partial charge in [0, 0.05) is 6.20 Å². The van der Waals surface area contributed by atoms with Gasteiger partial charge in [-0.15, -0.1) is 0 Å². The minimum atomic E-state index is -0.263. The molecule has 2 rings (SSSR count). The van der Waals surface area contributed by atoms with Crippen molar-refractivity contribution in [1.29, 1.82) is 0 Å². The number of rotatable bonds is 5. The van der Waals surface area contributed by atoms with Crippen LogP contribution in [0.4, 0.5) is 5.82 Å². The number of hydrogen-bond donors (Lipinski definition) is 1. The van der Waals surface area contributed by atoms with E-state index in [0.717, 1.165) is 18.2 Å². The lowest BCUT2D eigenvalue weighted by atomic mass is 10.4. The van der Waals surface area contributed by atoms with Gasteiger partial charge in [-0.2, -0.15) is 0 Å². The molecule has 2 aromatic rings. The lowest BCUT2D eigenvalue weighted by Gasteiger charge is -2.06. The number of anilines is 1. The van der Waals surface area contributed by atoms with Gasteiger partial charge in [-0.25, -0.2) is 9.97 Å². The average Bonchev–Trinajstić information content (AvgIpc) is 2.73. The number of fused-ring (bicyclic) bond motifs is 1. The van der Waals surface area contributed by atoms with Gasteiger partial charge < -0.3 is 15.0 Å². The predicted molar refractivity (Wildman–Crippen MR) is 72.5 cm³/mol. The highest BCUT2D eigenvalue weighted by atomic mass is 16.5. The summed E-state index contributed by atoms with van der Waals surface area (Å²) in [6.45, 7) is 4.43. The molecule has 6 heteroatoms. The lowest BCUT2D eigenvalue weighted by Crippen LogP contribution is -2.14. The van der Waals surface area contributed by atoms with E-state index in [0.29, 0.717) is 23.9 Å². The normalized spacial score (nSPS) is 10.8. The van der Waals surface area contributed by atoms with E-state index in [1.54, 1.807) is 17.7 Å². The molecule has 0 radical (unpaired) electrons. The molecule has 2 N–H and O–H groups in total. The van der Waals surface area contributed by atoms with Gasteiger partial charge in [-0.1, -0.05) is 13.3 Å². The molecule has 0 aromatic carbocycles. The van der Waals surface area contributed by atoms with Crippen LogP contribution in [-0.2, 0) is 16.1 Å². The number of carbonyl (C=O) groups is 1. The number of ether oxygens (including phenoxy) is 1. The van der Waals surface area contributed by atoms with Gasteiger partial charge in [-0.3, -0.25) is 4.79 Å². The van der Waals surface area contributed by atoms with E-state index in [9.17, 15) is 4.79 Å². The zero-order chi connectivity index (χ0) is 13.8. The van der Waals surface area contributed by atoms with Gasteiger partial charge in [0.2, 0.25) is 0 Å². The first-order chi connectivity index (χ1) is 9.11. The summed E-state index contributed by atoms with van der Waals surface area (Å²) in [4.78, 5) is 20.1. The molecule has 0 bridgehead atoms. The van der Waals surface area contributed by atoms with Crippen molar-refractivity contribution in [3.63, 3.8) is 0 Å². The predicted octanol–water partition coefficient (Wildman–Crippen LogP) is 1.67. The Bertz CT molecular complexity index is 592. The van der Waals surface area contributed by atoms with Gasteiger partial charge in [0.25, 0.3) is 0 Å². The minimum absolute atomic E-state index is 0.142. The summed E-state index contributed by atoms with van der Waals surface area (Å²) in [6, 6.07) is 1.81. The van der Waals surface area contributed by atoms with Crippen molar-refractivity contribution in [3.05, 3.63) is 18.1 Å². The molecular weight excluding hydrogens is 244 g/mol. The number of hydrogen-bond acceptors (Lipinski definition) is 5. The molecule has 0 amide bonds.